The average Bonchev–Trinajstić information content (AvgIpc) is 2.52. The first-order chi connectivity index (χ1) is 10.3. The van der Waals surface area contributed by atoms with Gasteiger partial charge in [-0.2, -0.15) is 0 Å². The molecule has 0 bridgehead atoms. The molecular formula is C16H21N3OS. The zero-order valence-electron chi connectivity index (χ0n) is 12.3. The molecule has 0 atom stereocenters. The Kier molecular flexibility index (Phi) is 4.51. The van der Waals surface area contributed by atoms with Crippen LogP contribution in [0.15, 0.2) is 35.2 Å². The van der Waals surface area contributed by atoms with Crippen molar-refractivity contribution in [3.63, 3.8) is 0 Å². The Labute approximate surface area is 130 Å². The minimum Gasteiger partial charge on any atom is -0.367 e. The summed E-state index contributed by atoms with van der Waals surface area (Å²) in [4.78, 5) is 17.9. The third-order valence-corrected chi connectivity index (χ3v) is 5.00. The second kappa shape index (κ2) is 6.54. The molecule has 0 aromatic heterocycles. The van der Waals surface area contributed by atoms with E-state index in [4.69, 9.17) is 0 Å². The van der Waals surface area contributed by atoms with Gasteiger partial charge < -0.3 is 15.1 Å². The van der Waals surface area contributed by atoms with E-state index in [9.17, 15) is 4.79 Å². The molecule has 2 fully saturated rings. The van der Waals surface area contributed by atoms with Crippen LogP contribution in [-0.2, 0) is 4.79 Å². The lowest BCUT2D eigenvalue weighted by atomic mass is 10.1. The first-order valence-electron chi connectivity index (χ1n) is 7.40. The van der Waals surface area contributed by atoms with Crippen molar-refractivity contribution >= 4 is 23.4 Å². The molecule has 0 aliphatic carbocycles. The number of hydrogen-bond acceptors (Lipinski definition) is 4. The van der Waals surface area contributed by atoms with Gasteiger partial charge in [-0.1, -0.05) is 30.3 Å². The van der Waals surface area contributed by atoms with Crippen molar-refractivity contribution in [1.29, 1.82) is 0 Å². The summed E-state index contributed by atoms with van der Waals surface area (Å²) in [5.74, 6) is 1.02. The summed E-state index contributed by atoms with van der Waals surface area (Å²) in [7, 11) is 2.15. The van der Waals surface area contributed by atoms with Crippen LogP contribution in [0.3, 0.4) is 0 Å². The van der Waals surface area contributed by atoms with Gasteiger partial charge in [0.2, 0.25) is 0 Å². The number of nitrogens with zero attached hydrogens (tertiary/aromatic N) is 2. The van der Waals surface area contributed by atoms with Gasteiger partial charge in [-0.25, -0.2) is 0 Å². The van der Waals surface area contributed by atoms with Crippen molar-refractivity contribution in [2.45, 2.75) is 0 Å². The predicted octanol–water partition coefficient (Wildman–Crippen LogP) is 1.47. The Morgan fingerprint density at radius 2 is 1.86 bits per heavy atom. The van der Waals surface area contributed by atoms with Crippen molar-refractivity contribution in [3.8, 4) is 0 Å². The van der Waals surface area contributed by atoms with Gasteiger partial charge in [-0.15, -0.1) is 11.8 Å². The van der Waals surface area contributed by atoms with Gasteiger partial charge in [0.25, 0.3) is 5.91 Å². The van der Waals surface area contributed by atoms with Crippen LogP contribution in [0, 0.1) is 0 Å². The highest BCUT2D eigenvalue weighted by Crippen LogP contribution is 2.32. The topological polar surface area (TPSA) is 35.6 Å². The van der Waals surface area contributed by atoms with Crippen LogP contribution in [0.4, 0.5) is 0 Å². The van der Waals surface area contributed by atoms with Crippen LogP contribution in [0.2, 0.25) is 0 Å². The molecular weight excluding hydrogens is 282 g/mol. The molecule has 2 aliphatic rings. The van der Waals surface area contributed by atoms with Gasteiger partial charge in [0, 0.05) is 38.5 Å². The average molecular weight is 303 g/mol. The van der Waals surface area contributed by atoms with E-state index in [2.05, 4.69) is 34.3 Å². The Balaban J connectivity index is 1.99. The van der Waals surface area contributed by atoms with E-state index >= 15 is 0 Å². The molecule has 1 aromatic rings. The lowest BCUT2D eigenvalue weighted by Gasteiger charge is -2.37. The third-order valence-electron chi connectivity index (χ3n) is 3.92. The lowest BCUT2D eigenvalue weighted by molar-refractivity contribution is -0.116. The number of carbonyl (C=O) groups excluding carboxylic acids is 1. The zero-order chi connectivity index (χ0) is 14.7. The van der Waals surface area contributed by atoms with Gasteiger partial charge >= 0.3 is 0 Å². The Morgan fingerprint density at radius 3 is 2.52 bits per heavy atom. The van der Waals surface area contributed by atoms with Gasteiger partial charge in [-0.05, 0) is 12.6 Å². The Hall–Kier alpha value is -1.46. The summed E-state index contributed by atoms with van der Waals surface area (Å²) < 4.78 is 0. The molecule has 2 aliphatic heterocycles. The quantitative estimate of drug-likeness (QED) is 0.839. The number of benzene rings is 1. The molecule has 0 spiro atoms. The van der Waals surface area contributed by atoms with Crippen LogP contribution in [0.5, 0.6) is 0 Å². The number of likely N-dealkylation sites (N-methyl/N-ethyl adjacent to an activating group) is 1. The van der Waals surface area contributed by atoms with Crippen LogP contribution in [-0.4, -0.2) is 61.2 Å². The number of thioether (sulfide) groups is 1. The Morgan fingerprint density at radius 1 is 1.14 bits per heavy atom. The number of piperazine rings is 1. The molecule has 21 heavy (non-hydrogen) atoms. The molecule has 1 amide bonds. The van der Waals surface area contributed by atoms with Gasteiger partial charge in [0.05, 0.1) is 10.6 Å². The van der Waals surface area contributed by atoms with Crippen molar-refractivity contribution in [2.75, 3.05) is 45.5 Å². The molecule has 5 heteroatoms. The Bertz CT molecular complexity index is 536. The van der Waals surface area contributed by atoms with E-state index in [1.807, 2.05) is 18.2 Å². The number of amides is 1. The molecule has 0 unspecified atom stereocenters. The zero-order valence-corrected chi connectivity index (χ0v) is 13.2. The van der Waals surface area contributed by atoms with E-state index in [1.54, 1.807) is 11.8 Å². The maximum atomic E-state index is 12.3. The highest BCUT2D eigenvalue weighted by atomic mass is 32.2. The highest BCUT2D eigenvalue weighted by molar-refractivity contribution is 8.04. The van der Waals surface area contributed by atoms with Crippen molar-refractivity contribution < 1.29 is 4.79 Å². The second-order valence-electron chi connectivity index (χ2n) is 5.44. The van der Waals surface area contributed by atoms with Crippen molar-refractivity contribution in [1.82, 2.24) is 15.1 Å². The monoisotopic (exact) mass is 303 g/mol. The fourth-order valence-corrected chi connectivity index (χ4v) is 3.72. The minimum absolute atomic E-state index is 0.0732. The fourth-order valence-electron chi connectivity index (χ4n) is 2.72. The number of rotatable bonds is 2. The third kappa shape index (κ3) is 3.24. The van der Waals surface area contributed by atoms with Crippen LogP contribution in [0.1, 0.15) is 5.56 Å². The molecule has 4 nitrogen and oxygen atoms in total. The molecule has 3 rings (SSSR count). The van der Waals surface area contributed by atoms with Crippen LogP contribution >= 0.6 is 11.8 Å². The standard InChI is InChI=1S/C16H21N3OS/c1-18-8-10-19(11-9-18)14(13-5-3-2-4-6-13)15-16(20)17-7-12-21-15/h2-6H,7-12H2,1H3,(H,17,20). The van der Waals surface area contributed by atoms with E-state index in [-0.39, 0.29) is 5.91 Å². The normalized spacial score (nSPS) is 22.9. The first kappa shape index (κ1) is 14.5. The molecule has 1 aromatic carbocycles. The summed E-state index contributed by atoms with van der Waals surface area (Å²) in [6, 6.07) is 10.3. The molecule has 112 valence electrons. The maximum absolute atomic E-state index is 12.3. The predicted molar refractivity (Wildman–Crippen MR) is 87.9 cm³/mol. The summed E-state index contributed by atoms with van der Waals surface area (Å²) in [6.07, 6.45) is 0. The summed E-state index contributed by atoms with van der Waals surface area (Å²) in [5.41, 5.74) is 2.24. The van der Waals surface area contributed by atoms with Crippen LogP contribution < -0.4 is 5.32 Å². The molecule has 2 saturated heterocycles. The van der Waals surface area contributed by atoms with E-state index < -0.39 is 0 Å². The van der Waals surface area contributed by atoms with E-state index in [0.717, 1.165) is 54.6 Å². The molecule has 2 heterocycles. The summed E-state index contributed by atoms with van der Waals surface area (Å²) in [5, 5.41) is 2.98. The fraction of sp³-hybridized carbons (Fsp3) is 0.438. The number of carbonyl (C=O) groups is 1. The largest absolute Gasteiger partial charge is 0.367 e. The van der Waals surface area contributed by atoms with E-state index in [1.165, 1.54) is 0 Å². The first-order valence-corrected chi connectivity index (χ1v) is 8.38. The minimum atomic E-state index is 0.0732. The smallest absolute Gasteiger partial charge is 0.259 e. The highest BCUT2D eigenvalue weighted by Gasteiger charge is 2.26. The molecule has 1 N–H and O–H groups in total. The maximum Gasteiger partial charge on any atom is 0.259 e. The number of nitrogens with one attached hydrogen (secondary N) is 1. The molecule has 0 radical (unpaired) electrons. The summed E-state index contributed by atoms with van der Waals surface area (Å²) >= 11 is 1.68. The summed E-state index contributed by atoms with van der Waals surface area (Å²) in [6.45, 7) is 4.78. The van der Waals surface area contributed by atoms with Gasteiger partial charge in [-0.3, -0.25) is 4.79 Å². The van der Waals surface area contributed by atoms with E-state index in [0.29, 0.717) is 0 Å². The SMILES string of the molecule is CN1CCN(C(=C2SCCNC2=O)c2ccccc2)CC1. The molecule has 0 saturated carbocycles. The number of hydrogen-bond donors (Lipinski definition) is 1. The van der Waals surface area contributed by atoms with Crippen molar-refractivity contribution in [2.24, 2.45) is 0 Å². The van der Waals surface area contributed by atoms with Crippen LogP contribution in [0.25, 0.3) is 5.70 Å². The second-order valence-corrected chi connectivity index (χ2v) is 6.54. The van der Waals surface area contributed by atoms with Gasteiger partial charge in [0.1, 0.15) is 0 Å². The lowest BCUT2D eigenvalue weighted by Crippen LogP contribution is -2.44. The van der Waals surface area contributed by atoms with Crippen molar-refractivity contribution in [3.05, 3.63) is 40.8 Å². The van der Waals surface area contributed by atoms with Gasteiger partial charge in [0.15, 0.2) is 0 Å².